The third kappa shape index (κ3) is 26.3. The van der Waals surface area contributed by atoms with Crippen LogP contribution >= 0.6 is 10.9 Å². The lowest BCUT2D eigenvalue weighted by Crippen LogP contribution is -2.37. The molecule has 34 heteroatoms. The molecule has 0 atom stereocenters. The maximum absolute atomic E-state index is 13.5. The van der Waals surface area contributed by atoms with Gasteiger partial charge in [-0.2, -0.15) is 8.61 Å². The van der Waals surface area contributed by atoms with Gasteiger partial charge in [-0.25, -0.2) is 41.0 Å². The molecule has 4 rings (SSSR count). The summed E-state index contributed by atoms with van der Waals surface area (Å²) in [4.78, 5) is 109. The molecule has 482 valence electrons. The average molecular weight is 1290 g/mol. The standard InChI is InChI=1S/C26H33N3O11S.C16H26N2O9S2.C11H13NO5/c1-6-37-24(31)19-16-18(17-20(27-19)25(32)38-7-2)39-15-14-28(13-12-23(30)40-26(3,4)5)41(35,36)22-11-9-8-10-21(22)29(33)34;1-16(2,3)27-15(19)9-10-17(11-12-26-28(4,22)23)29(24,25)14-8-6-5-7-13(14)18(20)21;1-3-16-10(14)8-5-7(13)6-9(12-8)11(15)17-4-2/h8-11,16-17H,6-7,12-15H2,1-5H3;5-8,22-23H,9-12H2,1-4H3;5-6H,3-4H2,1-2H3,(H,12,13). The first-order valence-electron chi connectivity index (χ1n) is 26.3. The molecule has 0 saturated carbocycles. The van der Waals surface area contributed by atoms with Crippen molar-refractivity contribution in [2.75, 3.05) is 72.1 Å². The maximum Gasteiger partial charge on any atom is 0.357 e. The van der Waals surface area contributed by atoms with E-state index in [9.17, 15) is 79.7 Å². The highest BCUT2D eigenvalue weighted by Crippen LogP contribution is 2.35. The number of hydrogen-bond donors (Lipinski definition) is 3. The lowest BCUT2D eigenvalue weighted by Gasteiger charge is -2.26. The van der Waals surface area contributed by atoms with Gasteiger partial charge in [-0.1, -0.05) is 24.3 Å². The number of H-pyrrole nitrogens is 1. The molecule has 0 saturated heterocycles. The Hall–Kier alpha value is -7.99. The van der Waals surface area contributed by atoms with Gasteiger partial charge in [-0.05, 0) is 81.4 Å². The van der Waals surface area contributed by atoms with Crippen molar-refractivity contribution in [2.45, 2.75) is 103 Å². The van der Waals surface area contributed by atoms with Gasteiger partial charge >= 0.3 is 35.8 Å². The molecule has 0 aliphatic rings. The summed E-state index contributed by atoms with van der Waals surface area (Å²) >= 11 is 0. The zero-order chi connectivity index (χ0) is 66.1. The summed E-state index contributed by atoms with van der Waals surface area (Å²) in [6.45, 7) is 14.7. The van der Waals surface area contributed by atoms with E-state index in [1.807, 2.05) is 0 Å². The van der Waals surface area contributed by atoms with E-state index < -0.39 is 121 Å². The number of hydrogen-bond acceptors (Lipinski definition) is 26. The molecule has 0 unspecified atom stereocenters. The predicted molar refractivity (Wildman–Crippen MR) is 310 cm³/mol. The normalized spacial score (nSPS) is 11.8. The summed E-state index contributed by atoms with van der Waals surface area (Å²) in [5, 5.41) is 22.7. The van der Waals surface area contributed by atoms with Crippen molar-refractivity contribution in [1.29, 1.82) is 0 Å². The SMILES string of the molecule is CC(C)(C)OC(=O)CCN(CCOS(C)(O)O)S(=O)(=O)c1ccccc1[N+](=O)[O-].CCOC(=O)c1cc(=O)cc(C(=O)OCC)[nH]1.CCOC(=O)c1cc(OCCN(CCC(=O)OC(C)(C)C)S(=O)(=O)c2ccccc2[N+](=O)[O-])cc(C(=O)OCC)n1. The monoisotopic (exact) mass is 1290 g/mol. The van der Waals surface area contributed by atoms with Crippen molar-refractivity contribution in [1.82, 2.24) is 18.6 Å². The van der Waals surface area contributed by atoms with Crippen molar-refractivity contribution in [2.24, 2.45) is 0 Å². The number of pyridine rings is 2. The van der Waals surface area contributed by atoms with Crippen LogP contribution < -0.4 is 10.2 Å². The molecule has 2 aromatic heterocycles. The van der Waals surface area contributed by atoms with Crippen molar-refractivity contribution < 1.29 is 102 Å². The van der Waals surface area contributed by atoms with Gasteiger partial charge in [0.1, 0.15) is 34.9 Å². The first kappa shape index (κ1) is 75.1. The third-order valence-corrected chi connectivity index (χ3v) is 14.7. The smallest absolute Gasteiger partial charge is 0.357 e. The highest BCUT2D eigenvalue weighted by atomic mass is 32.3. The number of aromatic nitrogens is 2. The van der Waals surface area contributed by atoms with Crippen LogP contribution in [0.25, 0.3) is 0 Å². The Labute approximate surface area is 503 Å². The number of sulfonamides is 2. The molecule has 0 spiro atoms. The molecule has 0 radical (unpaired) electrons. The topological polar surface area (TPSA) is 424 Å². The molecule has 0 amide bonds. The maximum atomic E-state index is 13.5. The van der Waals surface area contributed by atoms with Crippen LogP contribution in [-0.2, 0) is 62.2 Å². The Morgan fingerprint density at radius 1 is 0.575 bits per heavy atom. The van der Waals surface area contributed by atoms with E-state index in [4.69, 9.17) is 37.3 Å². The summed E-state index contributed by atoms with van der Waals surface area (Å²) in [7, 11) is -12.2. The number of aromatic amines is 1. The molecular formula is C53H72N6O25S3. The fourth-order valence-corrected chi connectivity index (χ4v) is 10.4. The third-order valence-electron chi connectivity index (χ3n) is 10.2. The van der Waals surface area contributed by atoms with Gasteiger partial charge in [0.05, 0.1) is 66.6 Å². The molecule has 87 heavy (non-hydrogen) atoms. The van der Waals surface area contributed by atoms with Crippen LogP contribution in [0.2, 0.25) is 0 Å². The van der Waals surface area contributed by atoms with Gasteiger partial charge in [-0.15, -0.1) is 0 Å². The van der Waals surface area contributed by atoms with Crippen LogP contribution in [0.15, 0.2) is 87.4 Å². The van der Waals surface area contributed by atoms with Crippen LogP contribution in [0.5, 0.6) is 5.75 Å². The Morgan fingerprint density at radius 2 is 0.931 bits per heavy atom. The minimum absolute atomic E-state index is 0.0127. The lowest BCUT2D eigenvalue weighted by atomic mass is 10.2. The van der Waals surface area contributed by atoms with E-state index in [1.54, 1.807) is 69.2 Å². The van der Waals surface area contributed by atoms with Crippen LogP contribution in [0.3, 0.4) is 0 Å². The molecular weight excluding hydrogens is 1220 g/mol. The summed E-state index contributed by atoms with van der Waals surface area (Å²) < 4.78 is 113. The zero-order valence-corrected chi connectivity index (χ0v) is 52.1. The fourth-order valence-electron chi connectivity index (χ4n) is 6.80. The number of carbonyl (C=O) groups is 6. The van der Waals surface area contributed by atoms with Crippen LogP contribution in [0.1, 0.15) is 124 Å². The Bertz CT molecular complexity index is 3260. The number of benzene rings is 2. The van der Waals surface area contributed by atoms with E-state index >= 15 is 0 Å². The lowest BCUT2D eigenvalue weighted by molar-refractivity contribution is -0.388. The van der Waals surface area contributed by atoms with Crippen LogP contribution in [0, 0.1) is 20.2 Å². The number of para-hydroxylation sites is 2. The van der Waals surface area contributed by atoms with Gasteiger partial charge < -0.3 is 47.2 Å². The zero-order valence-electron chi connectivity index (χ0n) is 49.7. The summed E-state index contributed by atoms with van der Waals surface area (Å²) in [5.41, 5.74) is -3.89. The molecule has 2 aromatic carbocycles. The number of ether oxygens (including phenoxy) is 7. The van der Waals surface area contributed by atoms with Crippen molar-refractivity contribution in [3.63, 3.8) is 0 Å². The van der Waals surface area contributed by atoms with Gasteiger partial charge in [-0.3, -0.25) is 38.8 Å². The van der Waals surface area contributed by atoms with E-state index in [0.717, 1.165) is 51.3 Å². The predicted octanol–water partition coefficient (Wildman–Crippen LogP) is 6.50. The fraction of sp³-hybridized carbons (Fsp3) is 0.472. The van der Waals surface area contributed by atoms with Crippen LogP contribution in [0.4, 0.5) is 11.4 Å². The minimum atomic E-state index is -4.49. The Morgan fingerprint density at radius 3 is 1.28 bits per heavy atom. The number of nitrogens with one attached hydrogen (secondary N) is 1. The van der Waals surface area contributed by atoms with E-state index in [1.165, 1.54) is 36.4 Å². The average Bonchev–Trinajstić information content (AvgIpc) is 1.47. The molecule has 0 fully saturated rings. The molecule has 0 bridgehead atoms. The number of rotatable bonds is 28. The van der Waals surface area contributed by atoms with Gasteiger partial charge in [0.25, 0.3) is 11.4 Å². The largest absolute Gasteiger partial charge is 0.492 e. The first-order chi connectivity index (χ1) is 40.4. The molecule has 0 aliphatic carbocycles. The van der Waals surface area contributed by atoms with Crippen molar-refractivity contribution >= 4 is 78.1 Å². The quantitative estimate of drug-likeness (QED) is 0.0236. The summed E-state index contributed by atoms with van der Waals surface area (Å²) in [6.07, 6.45) is 0.375. The molecule has 2 heterocycles. The summed E-state index contributed by atoms with van der Waals surface area (Å²) in [5.74, 6) is -4.34. The van der Waals surface area contributed by atoms with E-state index in [0.29, 0.717) is 0 Å². The second-order valence-corrected chi connectivity index (χ2v) is 25.0. The number of carbonyl (C=O) groups excluding carboxylic acids is 6. The summed E-state index contributed by atoms with van der Waals surface area (Å²) in [6, 6.07) is 14.2. The number of nitro benzene ring substituents is 2. The van der Waals surface area contributed by atoms with Crippen LogP contribution in [-0.4, -0.2) is 173 Å². The first-order valence-corrected chi connectivity index (χ1v) is 31.0. The second-order valence-electron chi connectivity index (χ2n) is 19.5. The van der Waals surface area contributed by atoms with Gasteiger partial charge in [0.2, 0.25) is 20.0 Å². The minimum Gasteiger partial charge on any atom is -0.492 e. The highest BCUT2D eigenvalue weighted by molar-refractivity contribution is 8.19. The van der Waals surface area contributed by atoms with Crippen molar-refractivity contribution in [3.05, 3.63) is 126 Å². The second kappa shape index (κ2) is 34.4. The Balaban J connectivity index is 0.000000486. The van der Waals surface area contributed by atoms with Gasteiger partial charge in [0, 0.05) is 68.8 Å². The Kier molecular flexibility index (Phi) is 29.7. The highest BCUT2D eigenvalue weighted by Gasteiger charge is 2.34. The molecule has 3 N–H and O–H groups in total. The van der Waals surface area contributed by atoms with E-state index in [2.05, 4.69) is 9.97 Å². The van der Waals surface area contributed by atoms with E-state index in [-0.39, 0.29) is 101 Å². The van der Waals surface area contributed by atoms with Gasteiger partial charge in [0.15, 0.2) is 26.6 Å². The molecule has 0 aliphatic heterocycles. The van der Waals surface area contributed by atoms with Crippen molar-refractivity contribution in [3.8, 4) is 5.75 Å². The molecule has 4 aromatic rings. The number of nitrogens with zero attached hydrogens (tertiary/aromatic N) is 5. The number of esters is 6. The number of nitro groups is 2. The molecule has 31 nitrogen and oxygen atoms in total.